The van der Waals surface area contributed by atoms with Crippen LogP contribution < -0.4 is 9.47 Å². The van der Waals surface area contributed by atoms with E-state index >= 15 is 0 Å². The lowest BCUT2D eigenvalue weighted by Crippen LogP contribution is -2.52. The molecule has 2 aliphatic heterocycles. The van der Waals surface area contributed by atoms with Gasteiger partial charge in [-0.2, -0.15) is 0 Å². The van der Waals surface area contributed by atoms with Gasteiger partial charge < -0.3 is 19.5 Å². The zero-order valence-electron chi connectivity index (χ0n) is 13.6. The molecule has 1 aromatic carbocycles. The number of carbonyl (C=O) groups is 2. The fourth-order valence-corrected chi connectivity index (χ4v) is 3.99. The van der Waals surface area contributed by atoms with Crippen LogP contribution in [-0.2, 0) is 9.59 Å². The summed E-state index contributed by atoms with van der Waals surface area (Å²) in [4.78, 5) is 25.8. The molecule has 2 heterocycles. The first kappa shape index (κ1) is 15.3. The molecule has 3 aliphatic rings. The summed E-state index contributed by atoms with van der Waals surface area (Å²) in [5.74, 6) is 0.253. The molecule has 1 amide bonds. The van der Waals surface area contributed by atoms with Gasteiger partial charge in [0.25, 0.3) is 5.91 Å². The second-order valence-electron chi connectivity index (χ2n) is 7.09. The normalized spacial score (nSPS) is 30.0. The van der Waals surface area contributed by atoms with Crippen molar-refractivity contribution in [2.75, 3.05) is 13.1 Å². The van der Waals surface area contributed by atoms with Crippen LogP contribution in [0, 0.1) is 11.3 Å². The molecule has 1 N–H and O–H groups in total. The highest BCUT2D eigenvalue weighted by Crippen LogP contribution is 2.59. The van der Waals surface area contributed by atoms with Gasteiger partial charge >= 0.3 is 5.97 Å². The third-order valence-electron chi connectivity index (χ3n) is 5.64. The summed E-state index contributed by atoms with van der Waals surface area (Å²) >= 11 is 0. The SMILES string of the molecule is CC1Oc2ccccc2OC1C(=O)N1CCC2(CC1)CC2C(=O)O. The second kappa shape index (κ2) is 5.40. The Kier molecular flexibility index (Phi) is 3.44. The highest BCUT2D eigenvalue weighted by Gasteiger charge is 2.59. The first-order valence-corrected chi connectivity index (χ1v) is 8.44. The molecule has 1 aliphatic carbocycles. The van der Waals surface area contributed by atoms with Gasteiger partial charge in [0.1, 0.15) is 6.10 Å². The van der Waals surface area contributed by atoms with Gasteiger partial charge in [-0.15, -0.1) is 0 Å². The number of fused-ring (bicyclic) bond motifs is 1. The third kappa shape index (κ3) is 2.41. The Morgan fingerprint density at radius 1 is 1.17 bits per heavy atom. The van der Waals surface area contributed by atoms with Crippen LogP contribution in [0.3, 0.4) is 0 Å². The van der Waals surface area contributed by atoms with Gasteiger partial charge in [-0.05, 0) is 43.7 Å². The lowest BCUT2D eigenvalue weighted by Gasteiger charge is -2.38. The number of amides is 1. The Bertz CT molecular complexity index is 680. The maximum Gasteiger partial charge on any atom is 0.307 e. The number of carboxylic acid groups (broad SMARTS) is 1. The van der Waals surface area contributed by atoms with Gasteiger partial charge in [0.05, 0.1) is 5.92 Å². The van der Waals surface area contributed by atoms with E-state index in [1.165, 1.54) is 0 Å². The molecule has 128 valence electrons. The van der Waals surface area contributed by atoms with Crippen LogP contribution in [0.2, 0.25) is 0 Å². The quantitative estimate of drug-likeness (QED) is 0.896. The molecule has 0 aromatic heterocycles. The van der Waals surface area contributed by atoms with Crippen LogP contribution in [0.25, 0.3) is 0 Å². The lowest BCUT2D eigenvalue weighted by atomic mass is 9.90. The molecule has 4 rings (SSSR count). The topological polar surface area (TPSA) is 76.1 Å². The molecule has 1 saturated heterocycles. The van der Waals surface area contributed by atoms with Gasteiger partial charge in [0.2, 0.25) is 6.10 Å². The van der Waals surface area contributed by atoms with Crippen LogP contribution in [0.4, 0.5) is 0 Å². The molecule has 3 atom stereocenters. The highest BCUT2D eigenvalue weighted by atomic mass is 16.6. The molecule has 2 fully saturated rings. The van der Waals surface area contributed by atoms with E-state index in [2.05, 4.69) is 0 Å². The number of carboxylic acids is 1. The van der Waals surface area contributed by atoms with Crippen molar-refractivity contribution in [3.63, 3.8) is 0 Å². The summed E-state index contributed by atoms with van der Waals surface area (Å²) in [6.45, 7) is 3.03. The zero-order valence-corrected chi connectivity index (χ0v) is 13.6. The second-order valence-corrected chi connectivity index (χ2v) is 7.09. The van der Waals surface area contributed by atoms with E-state index in [9.17, 15) is 9.59 Å². The van der Waals surface area contributed by atoms with E-state index in [0.717, 1.165) is 19.3 Å². The number of rotatable bonds is 2. The van der Waals surface area contributed by atoms with Crippen molar-refractivity contribution in [2.45, 2.75) is 38.4 Å². The maximum atomic E-state index is 12.8. The largest absolute Gasteiger partial charge is 0.482 e. The fraction of sp³-hybridized carbons (Fsp3) is 0.556. The van der Waals surface area contributed by atoms with E-state index in [0.29, 0.717) is 24.6 Å². The molecule has 1 saturated carbocycles. The number of benzene rings is 1. The summed E-state index contributed by atoms with van der Waals surface area (Å²) in [6.07, 6.45) is 1.26. The molecular weight excluding hydrogens is 310 g/mol. The average Bonchev–Trinajstić information content (AvgIpc) is 3.28. The molecular formula is C18H21NO5. The molecule has 0 bridgehead atoms. The maximum absolute atomic E-state index is 12.8. The van der Waals surface area contributed by atoms with Crippen LogP contribution in [0.1, 0.15) is 26.2 Å². The molecule has 6 nitrogen and oxygen atoms in total. The van der Waals surface area contributed by atoms with Gasteiger partial charge in [0, 0.05) is 13.1 Å². The number of para-hydroxylation sites is 2. The third-order valence-corrected chi connectivity index (χ3v) is 5.64. The van der Waals surface area contributed by atoms with Crippen molar-refractivity contribution >= 4 is 11.9 Å². The Balaban J connectivity index is 1.41. The molecule has 3 unspecified atom stereocenters. The summed E-state index contributed by atoms with van der Waals surface area (Å²) in [7, 11) is 0. The summed E-state index contributed by atoms with van der Waals surface area (Å²) in [5.41, 5.74) is -0.0786. The number of piperidine rings is 1. The number of nitrogens with zero attached hydrogens (tertiary/aromatic N) is 1. The highest BCUT2D eigenvalue weighted by molar-refractivity contribution is 5.83. The molecule has 1 aromatic rings. The number of likely N-dealkylation sites (tertiary alicyclic amines) is 1. The Morgan fingerprint density at radius 3 is 2.38 bits per heavy atom. The summed E-state index contributed by atoms with van der Waals surface area (Å²) < 4.78 is 11.7. The predicted molar refractivity (Wildman–Crippen MR) is 84.9 cm³/mol. The number of ether oxygens (including phenoxy) is 2. The molecule has 1 spiro atoms. The van der Waals surface area contributed by atoms with Crippen molar-refractivity contribution in [3.05, 3.63) is 24.3 Å². The smallest absolute Gasteiger partial charge is 0.307 e. The Labute approximate surface area is 140 Å². The van der Waals surface area contributed by atoms with Gasteiger partial charge in [0.15, 0.2) is 11.5 Å². The van der Waals surface area contributed by atoms with Crippen molar-refractivity contribution in [3.8, 4) is 11.5 Å². The van der Waals surface area contributed by atoms with Gasteiger partial charge in [-0.1, -0.05) is 12.1 Å². The molecule has 6 heteroatoms. The minimum atomic E-state index is -0.705. The first-order chi connectivity index (χ1) is 11.5. The number of carbonyl (C=O) groups excluding carboxylic acids is 1. The summed E-state index contributed by atoms with van der Waals surface area (Å²) in [6, 6.07) is 7.35. The van der Waals surface area contributed by atoms with E-state index in [1.807, 2.05) is 25.1 Å². The van der Waals surface area contributed by atoms with Crippen LogP contribution in [0.15, 0.2) is 24.3 Å². The van der Waals surface area contributed by atoms with Crippen LogP contribution in [0.5, 0.6) is 11.5 Å². The fourth-order valence-electron chi connectivity index (χ4n) is 3.99. The van der Waals surface area contributed by atoms with E-state index in [1.54, 1.807) is 11.0 Å². The van der Waals surface area contributed by atoms with E-state index < -0.39 is 12.1 Å². The number of aliphatic carboxylic acids is 1. The summed E-state index contributed by atoms with van der Waals surface area (Å²) in [5, 5.41) is 9.16. The van der Waals surface area contributed by atoms with E-state index in [-0.39, 0.29) is 23.3 Å². The van der Waals surface area contributed by atoms with Gasteiger partial charge in [-0.3, -0.25) is 9.59 Å². The van der Waals surface area contributed by atoms with Crippen molar-refractivity contribution < 1.29 is 24.2 Å². The predicted octanol–water partition coefficient (Wildman–Crippen LogP) is 1.93. The lowest BCUT2D eigenvalue weighted by molar-refractivity contribution is -0.146. The Morgan fingerprint density at radius 2 is 1.79 bits per heavy atom. The number of hydrogen-bond donors (Lipinski definition) is 1. The first-order valence-electron chi connectivity index (χ1n) is 8.44. The van der Waals surface area contributed by atoms with Crippen LogP contribution >= 0.6 is 0 Å². The van der Waals surface area contributed by atoms with Gasteiger partial charge in [-0.25, -0.2) is 0 Å². The molecule has 24 heavy (non-hydrogen) atoms. The minimum absolute atomic E-state index is 0.0700. The number of hydrogen-bond acceptors (Lipinski definition) is 4. The molecule has 0 radical (unpaired) electrons. The van der Waals surface area contributed by atoms with Crippen molar-refractivity contribution in [2.24, 2.45) is 11.3 Å². The van der Waals surface area contributed by atoms with E-state index in [4.69, 9.17) is 14.6 Å². The standard InChI is InChI=1S/C18H21NO5/c1-11-15(24-14-5-3-2-4-13(14)23-11)16(20)19-8-6-18(7-9-19)10-12(18)17(21)22/h2-5,11-12,15H,6-10H2,1H3,(H,21,22). The minimum Gasteiger partial charge on any atom is -0.482 e. The average molecular weight is 331 g/mol. The Hall–Kier alpha value is -2.24. The monoisotopic (exact) mass is 331 g/mol. The van der Waals surface area contributed by atoms with Crippen molar-refractivity contribution in [1.29, 1.82) is 0 Å². The van der Waals surface area contributed by atoms with Crippen molar-refractivity contribution in [1.82, 2.24) is 4.90 Å². The zero-order chi connectivity index (χ0) is 16.9. The van der Waals surface area contributed by atoms with Crippen LogP contribution in [-0.4, -0.2) is 47.2 Å².